The molecule has 6 nitrogen and oxygen atoms in total. The number of hydrogen-bond acceptors (Lipinski definition) is 5. The van der Waals surface area contributed by atoms with E-state index < -0.39 is 5.25 Å². The first kappa shape index (κ1) is 19.1. The lowest BCUT2D eigenvalue weighted by Crippen LogP contribution is -2.41. The zero-order valence-electron chi connectivity index (χ0n) is 14.5. The summed E-state index contributed by atoms with van der Waals surface area (Å²) in [6.45, 7) is 2.00. The number of carbonyl (C=O) groups excluding carboxylic acids is 2. The molecule has 1 unspecified atom stereocenters. The third-order valence-corrected chi connectivity index (χ3v) is 5.03. The van der Waals surface area contributed by atoms with Crippen molar-refractivity contribution < 1.29 is 9.59 Å². The van der Waals surface area contributed by atoms with Gasteiger partial charge in [0.05, 0.1) is 6.21 Å². The van der Waals surface area contributed by atoms with Gasteiger partial charge in [-0.25, -0.2) is 0 Å². The van der Waals surface area contributed by atoms with E-state index in [1.807, 2.05) is 31.2 Å². The van der Waals surface area contributed by atoms with Gasteiger partial charge in [-0.1, -0.05) is 53.2 Å². The van der Waals surface area contributed by atoms with E-state index in [0.717, 1.165) is 11.1 Å². The van der Waals surface area contributed by atoms with Crippen LogP contribution in [0.25, 0.3) is 0 Å². The number of thioether (sulfide) groups is 1. The Labute approximate surface area is 166 Å². The largest absolute Gasteiger partial charge is 0.325 e. The molecule has 2 N–H and O–H groups in total. The van der Waals surface area contributed by atoms with Crippen LogP contribution in [0, 0.1) is 6.92 Å². The van der Waals surface area contributed by atoms with Crippen molar-refractivity contribution in [3.63, 3.8) is 0 Å². The molecule has 8 heteroatoms. The molecular weight excluding hydrogens is 384 g/mol. The maximum absolute atomic E-state index is 12.4. The van der Waals surface area contributed by atoms with E-state index in [9.17, 15) is 9.59 Å². The lowest BCUT2D eigenvalue weighted by atomic mass is 10.2. The average molecular weight is 401 g/mol. The van der Waals surface area contributed by atoms with E-state index >= 15 is 0 Å². The molecule has 2 aromatic carbocycles. The molecule has 2 amide bonds. The number of hydrogen-bond donors (Lipinski definition) is 2. The van der Waals surface area contributed by atoms with Crippen LogP contribution in [-0.2, 0) is 9.59 Å². The van der Waals surface area contributed by atoms with Crippen LogP contribution in [0.2, 0.25) is 5.02 Å². The number of carbonyl (C=O) groups is 2. The standard InChI is InChI=1S/C19H17ClN4O2S/c1-12-2-4-13(5-3-12)11-21-24-19-23-17(25)10-16(27-19)18(26)22-15-8-6-14(20)7-9-15/h2-9,11,16H,10H2,1H3,(H,22,26)(H,23,24,25)/b21-11+. The minimum absolute atomic E-state index is 0.0742. The van der Waals surface area contributed by atoms with Crippen LogP contribution < -0.4 is 10.6 Å². The van der Waals surface area contributed by atoms with Gasteiger partial charge >= 0.3 is 0 Å². The van der Waals surface area contributed by atoms with Crippen molar-refractivity contribution in [1.82, 2.24) is 5.32 Å². The third kappa shape index (κ3) is 5.67. The van der Waals surface area contributed by atoms with Gasteiger partial charge in [0.15, 0.2) is 5.17 Å². The summed E-state index contributed by atoms with van der Waals surface area (Å²) in [5, 5.41) is 13.7. The maximum atomic E-state index is 12.4. The highest BCUT2D eigenvalue weighted by molar-refractivity contribution is 8.15. The summed E-state index contributed by atoms with van der Waals surface area (Å²) in [6.07, 6.45) is 1.67. The second-order valence-electron chi connectivity index (χ2n) is 5.92. The van der Waals surface area contributed by atoms with Crippen LogP contribution in [0.3, 0.4) is 0 Å². The Hall–Kier alpha value is -2.64. The fourth-order valence-electron chi connectivity index (χ4n) is 2.30. The molecule has 0 radical (unpaired) electrons. The van der Waals surface area contributed by atoms with Gasteiger partial charge in [0.25, 0.3) is 0 Å². The van der Waals surface area contributed by atoms with E-state index in [0.29, 0.717) is 15.9 Å². The number of nitrogens with zero attached hydrogens (tertiary/aromatic N) is 2. The van der Waals surface area contributed by atoms with Crippen molar-refractivity contribution in [3.05, 3.63) is 64.7 Å². The Morgan fingerprint density at radius 2 is 1.93 bits per heavy atom. The first-order chi connectivity index (χ1) is 13.0. The fraction of sp³-hybridized carbons (Fsp3) is 0.158. The monoisotopic (exact) mass is 400 g/mol. The van der Waals surface area contributed by atoms with E-state index in [2.05, 4.69) is 20.8 Å². The zero-order chi connectivity index (χ0) is 19.2. The molecular formula is C19H17ClN4O2S. The number of aryl methyl sites for hydroxylation is 1. The highest BCUT2D eigenvalue weighted by Gasteiger charge is 2.30. The summed E-state index contributed by atoms with van der Waals surface area (Å²) < 4.78 is 0. The highest BCUT2D eigenvalue weighted by atomic mass is 35.5. The number of amidine groups is 1. The highest BCUT2D eigenvalue weighted by Crippen LogP contribution is 2.23. The quantitative estimate of drug-likeness (QED) is 0.607. The van der Waals surface area contributed by atoms with Crippen LogP contribution in [0.15, 0.2) is 58.7 Å². The normalized spacial score (nSPS) is 18.5. The summed E-state index contributed by atoms with van der Waals surface area (Å²) in [4.78, 5) is 24.3. The summed E-state index contributed by atoms with van der Waals surface area (Å²) in [6, 6.07) is 14.6. The molecule has 138 valence electrons. The zero-order valence-corrected chi connectivity index (χ0v) is 16.1. The van der Waals surface area contributed by atoms with Crippen molar-refractivity contribution in [1.29, 1.82) is 0 Å². The first-order valence-electron chi connectivity index (χ1n) is 8.20. The molecule has 1 saturated heterocycles. The lowest BCUT2D eigenvalue weighted by Gasteiger charge is -2.21. The van der Waals surface area contributed by atoms with Gasteiger partial charge in [0.1, 0.15) is 5.25 Å². The molecule has 1 aliphatic rings. The van der Waals surface area contributed by atoms with Gasteiger partial charge in [-0.3, -0.25) is 9.59 Å². The third-order valence-electron chi connectivity index (χ3n) is 3.71. The topological polar surface area (TPSA) is 82.9 Å². The Kier molecular flexibility index (Phi) is 6.26. The smallest absolute Gasteiger partial charge is 0.238 e. The molecule has 1 heterocycles. The number of benzene rings is 2. The van der Waals surface area contributed by atoms with Crippen LogP contribution in [0.5, 0.6) is 0 Å². The second kappa shape index (κ2) is 8.83. The Bertz CT molecular complexity index is 895. The fourth-order valence-corrected chi connectivity index (χ4v) is 3.36. The lowest BCUT2D eigenvalue weighted by molar-refractivity contribution is -0.123. The van der Waals surface area contributed by atoms with Gasteiger partial charge < -0.3 is 10.6 Å². The molecule has 27 heavy (non-hydrogen) atoms. The summed E-state index contributed by atoms with van der Waals surface area (Å²) in [7, 11) is 0. The number of amides is 2. The number of rotatable bonds is 4. The summed E-state index contributed by atoms with van der Waals surface area (Å²) >= 11 is 7.01. The average Bonchev–Trinajstić information content (AvgIpc) is 2.65. The first-order valence-corrected chi connectivity index (χ1v) is 9.46. The van der Waals surface area contributed by atoms with Gasteiger partial charge in [-0.05, 0) is 36.8 Å². The second-order valence-corrected chi connectivity index (χ2v) is 7.54. The SMILES string of the molecule is Cc1ccc(/C=N/N=C2/NC(=O)CC(C(=O)Nc3ccc(Cl)cc3)S2)cc1. The molecule has 2 aromatic rings. The minimum atomic E-state index is -0.581. The van der Waals surface area contributed by atoms with Crippen molar-refractivity contribution in [2.45, 2.75) is 18.6 Å². The van der Waals surface area contributed by atoms with Crippen LogP contribution in [-0.4, -0.2) is 28.4 Å². The predicted octanol–water partition coefficient (Wildman–Crippen LogP) is 3.60. The van der Waals surface area contributed by atoms with Crippen molar-refractivity contribution in [2.75, 3.05) is 5.32 Å². The van der Waals surface area contributed by atoms with Gasteiger partial charge in [0.2, 0.25) is 11.8 Å². The van der Waals surface area contributed by atoms with E-state index in [-0.39, 0.29) is 18.2 Å². The molecule has 0 saturated carbocycles. The Morgan fingerprint density at radius 1 is 1.22 bits per heavy atom. The van der Waals surface area contributed by atoms with E-state index in [1.165, 1.54) is 11.8 Å². The molecule has 1 fully saturated rings. The Balaban J connectivity index is 1.64. The van der Waals surface area contributed by atoms with Crippen LogP contribution in [0.1, 0.15) is 17.5 Å². The molecule has 0 spiro atoms. The maximum Gasteiger partial charge on any atom is 0.238 e. The number of anilines is 1. The van der Waals surface area contributed by atoms with Crippen molar-refractivity contribution in [2.24, 2.45) is 10.2 Å². The van der Waals surface area contributed by atoms with Gasteiger partial charge in [-0.2, -0.15) is 5.10 Å². The number of halogens is 1. The molecule has 3 rings (SSSR count). The molecule has 1 aliphatic heterocycles. The van der Waals surface area contributed by atoms with E-state index in [1.54, 1.807) is 30.5 Å². The molecule has 0 aliphatic carbocycles. The minimum Gasteiger partial charge on any atom is -0.325 e. The summed E-state index contributed by atoms with van der Waals surface area (Å²) in [5.41, 5.74) is 2.67. The van der Waals surface area contributed by atoms with Gasteiger partial charge in [-0.15, -0.1) is 5.10 Å². The molecule has 0 aromatic heterocycles. The Morgan fingerprint density at radius 3 is 2.63 bits per heavy atom. The summed E-state index contributed by atoms with van der Waals surface area (Å²) in [5.74, 6) is -0.540. The molecule has 1 atom stereocenters. The van der Waals surface area contributed by atoms with Gasteiger partial charge in [0, 0.05) is 17.1 Å². The van der Waals surface area contributed by atoms with Crippen molar-refractivity contribution >= 4 is 52.2 Å². The van der Waals surface area contributed by atoms with E-state index in [4.69, 9.17) is 11.6 Å². The van der Waals surface area contributed by atoms with Crippen LogP contribution in [0.4, 0.5) is 5.69 Å². The predicted molar refractivity (Wildman–Crippen MR) is 110 cm³/mol. The number of nitrogens with one attached hydrogen (secondary N) is 2. The van der Waals surface area contributed by atoms with Crippen molar-refractivity contribution in [3.8, 4) is 0 Å². The molecule has 0 bridgehead atoms. The van der Waals surface area contributed by atoms with Crippen LogP contribution >= 0.6 is 23.4 Å².